The Kier molecular flexibility index (Phi) is 5.54. The fourth-order valence-corrected chi connectivity index (χ4v) is 4.31. The minimum atomic E-state index is -0.366. The van der Waals surface area contributed by atoms with E-state index in [1.54, 1.807) is 0 Å². The van der Waals surface area contributed by atoms with E-state index < -0.39 is 0 Å². The van der Waals surface area contributed by atoms with Crippen molar-refractivity contribution in [1.29, 1.82) is 0 Å². The Morgan fingerprint density at radius 3 is 2.62 bits per heavy atom. The third-order valence-electron chi connectivity index (χ3n) is 5.81. The van der Waals surface area contributed by atoms with Crippen molar-refractivity contribution in [3.05, 3.63) is 0 Å². The van der Waals surface area contributed by atoms with Gasteiger partial charge in [0, 0.05) is 19.1 Å². The average Bonchev–Trinajstić information content (AvgIpc) is 2.53. The molecule has 3 aliphatic heterocycles. The predicted octanol–water partition coefficient (Wildman–Crippen LogP) is 1.63. The molecule has 3 saturated heterocycles. The number of hydrogen-bond acceptors (Lipinski definition) is 4. The van der Waals surface area contributed by atoms with E-state index in [4.69, 9.17) is 4.74 Å². The zero-order valence-corrected chi connectivity index (χ0v) is 13.5. The summed E-state index contributed by atoms with van der Waals surface area (Å²) in [5, 5.41) is 13.7. The number of rotatable bonds is 6. The summed E-state index contributed by atoms with van der Waals surface area (Å²) in [6, 6.07) is 0.579. The van der Waals surface area contributed by atoms with Gasteiger partial charge >= 0.3 is 0 Å². The third kappa shape index (κ3) is 4.19. The molecule has 0 amide bonds. The van der Waals surface area contributed by atoms with Crippen LogP contribution in [0.15, 0.2) is 0 Å². The summed E-state index contributed by atoms with van der Waals surface area (Å²) >= 11 is 0. The predicted molar refractivity (Wildman–Crippen MR) is 84.3 cm³/mol. The van der Waals surface area contributed by atoms with Crippen molar-refractivity contribution in [2.24, 2.45) is 11.8 Å². The highest BCUT2D eigenvalue weighted by Gasteiger charge is 2.33. The van der Waals surface area contributed by atoms with Gasteiger partial charge in [0.25, 0.3) is 0 Å². The van der Waals surface area contributed by atoms with Crippen LogP contribution in [0.3, 0.4) is 0 Å². The molecular formula is C17H32N2O2. The number of aliphatic hydroxyl groups is 1. The SMILES string of the molecule is CC1CCCCC1OCC(O)CNC1CN2CCC1CC2. The number of ether oxygens (including phenoxy) is 1. The fraction of sp³-hybridized carbons (Fsp3) is 1.00. The molecule has 0 aromatic heterocycles. The van der Waals surface area contributed by atoms with Gasteiger partial charge in [0.15, 0.2) is 0 Å². The molecule has 4 fully saturated rings. The zero-order valence-electron chi connectivity index (χ0n) is 13.5. The lowest BCUT2D eigenvalue weighted by molar-refractivity contribution is -0.0472. The van der Waals surface area contributed by atoms with Gasteiger partial charge in [0.1, 0.15) is 0 Å². The Hall–Kier alpha value is -0.160. The Morgan fingerprint density at radius 2 is 1.95 bits per heavy atom. The first-order valence-electron chi connectivity index (χ1n) is 8.98. The third-order valence-corrected chi connectivity index (χ3v) is 5.81. The summed E-state index contributed by atoms with van der Waals surface area (Å²) in [5.41, 5.74) is 0. The number of fused-ring (bicyclic) bond motifs is 3. The smallest absolute Gasteiger partial charge is 0.0897 e. The van der Waals surface area contributed by atoms with Crippen LogP contribution in [-0.4, -0.2) is 61.0 Å². The molecule has 122 valence electrons. The summed E-state index contributed by atoms with van der Waals surface area (Å²) in [4.78, 5) is 2.55. The van der Waals surface area contributed by atoms with Gasteiger partial charge in [0.05, 0.1) is 18.8 Å². The van der Waals surface area contributed by atoms with Crippen LogP contribution in [0.4, 0.5) is 0 Å². The number of nitrogens with zero attached hydrogens (tertiary/aromatic N) is 1. The first-order chi connectivity index (χ1) is 10.2. The van der Waals surface area contributed by atoms with Crippen molar-refractivity contribution in [3.8, 4) is 0 Å². The maximum atomic E-state index is 10.2. The van der Waals surface area contributed by atoms with Crippen LogP contribution in [0, 0.1) is 11.8 Å². The van der Waals surface area contributed by atoms with Gasteiger partial charge in [-0.1, -0.05) is 19.8 Å². The molecule has 4 aliphatic rings. The summed E-state index contributed by atoms with van der Waals surface area (Å²) in [6.07, 6.45) is 7.71. The molecule has 4 nitrogen and oxygen atoms in total. The minimum Gasteiger partial charge on any atom is -0.389 e. The average molecular weight is 296 g/mol. The first-order valence-corrected chi connectivity index (χ1v) is 8.98. The Morgan fingerprint density at radius 1 is 1.19 bits per heavy atom. The fourth-order valence-electron chi connectivity index (χ4n) is 4.31. The number of piperidine rings is 3. The van der Waals surface area contributed by atoms with Gasteiger partial charge in [0.2, 0.25) is 0 Å². The molecule has 4 atom stereocenters. The largest absolute Gasteiger partial charge is 0.389 e. The first kappa shape index (κ1) is 15.7. The van der Waals surface area contributed by atoms with Crippen molar-refractivity contribution < 1.29 is 9.84 Å². The van der Waals surface area contributed by atoms with E-state index in [0.29, 0.717) is 31.2 Å². The lowest BCUT2D eigenvalue weighted by Gasteiger charge is -2.45. The molecule has 0 aromatic rings. The monoisotopic (exact) mass is 296 g/mol. The van der Waals surface area contributed by atoms with Gasteiger partial charge < -0.3 is 20.1 Å². The molecule has 4 heteroatoms. The summed E-state index contributed by atoms with van der Waals surface area (Å²) in [6.45, 7) is 7.15. The lowest BCUT2D eigenvalue weighted by atomic mass is 9.84. The van der Waals surface area contributed by atoms with Crippen LogP contribution in [0.1, 0.15) is 45.4 Å². The van der Waals surface area contributed by atoms with E-state index in [-0.39, 0.29) is 6.10 Å². The Labute approximate surface area is 129 Å². The standard InChI is InChI=1S/C17H32N2O2/c1-13-4-2-3-5-17(13)21-12-15(20)10-18-16-11-19-8-6-14(16)7-9-19/h13-18,20H,2-12H2,1H3. The molecule has 2 bridgehead atoms. The van der Waals surface area contributed by atoms with Crippen molar-refractivity contribution in [2.45, 2.75) is 63.7 Å². The van der Waals surface area contributed by atoms with E-state index in [9.17, 15) is 5.11 Å². The molecule has 0 radical (unpaired) electrons. The minimum absolute atomic E-state index is 0.366. The van der Waals surface area contributed by atoms with Crippen molar-refractivity contribution in [2.75, 3.05) is 32.8 Å². The second-order valence-corrected chi connectivity index (χ2v) is 7.44. The molecule has 1 aliphatic carbocycles. The highest BCUT2D eigenvalue weighted by molar-refractivity contribution is 4.91. The van der Waals surface area contributed by atoms with Crippen LogP contribution < -0.4 is 5.32 Å². The second kappa shape index (κ2) is 7.40. The molecular weight excluding hydrogens is 264 g/mol. The molecule has 3 heterocycles. The van der Waals surface area contributed by atoms with Gasteiger partial charge in [-0.3, -0.25) is 0 Å². The topological polar surface area (TPSA) is 44.7 Å². The van der Waals surface area contributed by atoms with Crippen LogP contribution in [-0.2, 0) is 4.74 Å². The van der Waals surface area contributed by atoms with Gasteiger partial charge in [-0.15, -0.1) is 0 Å². The van der Waals surface area contributed by atoms with Crippen LogP contribution >= 0.6 is 0 Å². The molecule has 2 N–H and O–H groups in total. The van der Waals surface area contributed by atoms with Crippen molar-refractivity contribution in [3.63, 3.8) is 0 Å². The van der Waals surface area contributed by atoms with Crippen LogP contribution in [0.25, 0.3) is 0 Å². The van der Waals surface area contributed by atoms with E-state index in [2.05, 4.69) is 17.1 Å². The van der Waals surface area contributed by atoms with Crippen molar-refractivity contribution >= 4 is 0 Å². The lowest BCUT2D eigenvalue weighted by Crippen LogP contribution is -2.57. The number of hydrogen-bond donors (Lipinski definition) is 2. The van der Waals surface area contributed by atoms with E-state index in [1.807, 2.05) is 0 Å². The molecule has 21 heavy (non-hydrogen) atoms. The quantitative estimate of drug-likeness (QED) is 0.782. The number of aliphatic hydroxyl groups excluding tert-OH is 1. The maximum absolute atomic E-state index is 10.2. The van der Waals surface area contributed by atoms with Crippen LogP contribution in [0.5, 0.6) is 0 Å². The van der Waals surface area contributed by atoms with E-state index >= 15 is 0 Å². The summed E-state index contributed by atoms with van der Waals surface area (Å²) in [5.74, 6) is 1.47. The molecule has 1 saturated carbocycles. The van der Waals surface area contributed by atoms with Gasteiger partial charge in [-0.2, -0.15) is 0 Å². The van der Waals surface area contributed by atoms with Gasteiger partial charge in [-0.25, -0.2) is 0 Å². The number of nitrogens with one attached hydrogen (secondary N) is 1. The normalized spacial score (nSPS) is 41.1. The summed E-state index contributed by atoms with van der Waals surface area (Å²) in [7, 11) is 0. The molecule has 0 aromatic carbocycles. The van der Waals surface area contributed by atoms with Crippen molar-refractivity contribution in [1.82, 2.24) is 10.2 Å². The summed E-state index contributed by atoms with van der Waals surface area (Å²) < 4.78 is 5.96. The van der Waals surface area contributed by atoms with Gasteiger partial charge in [-0.05, 0) is 50.6 Å². The van der Waals surface area contributed by atoms with E-state index in [0.717, 1.165) is 12.5 Å². The highest BCUT2D eigenvalue weighted by atomic mass is 16.5. The van der Waals surface area contributed by atoms with Crippen LogP contribution in [0.2, 0.25) is 0 Å². The Bertz CT molecular complexity index is 318. The maximum Gasteiger partial charge on any atom is 0.0897 e. The molecule has 4 unspecified atom stereocenters. The molecule has 4 rings (SSSR count). The molecule has 0 spiro atoms. The zero-order chi connectivity index (χ0) is 14.7. The van der Waals surface area contributed by atoms with E-state index in [1.165, 1.54) is 51.6 Å². The second-order valence-electron chi connectivity index (χ2n) is 7.44. The highest BCUT2D eigenvalue weighted by Crippen LogP contribution is 2.28. The Balaban J connectivity index is 1.33.